The third-order valence-corrected chi connectivity index (χ3v) is 4.51. The summed E-state index contributed by atoms with van der Waals surface area (Å²) in [6.45, 7) is 1.10. The minimum atomic E-state index is -4.42. The third-order valence-electron chi connectivity index (χ3n) is 4.51. The molecule has 0 radical (unpaired) electrons. The number of hydrogen-bond donors (Lipinski definition) is 1. The highest BCUT2D eigenvalue weighted by Crippen LogP contribution is 2.33. The summed E-state index contributed by atoms with van der Waals surface area (Å²) in [5.74, 6) is -0.167. The number of carbonyl (C=O) groups is 1. The van der Waals surface area contributed by atoms with Crippen LogP contribution in [0.1, 0.15) is 36.8 Å². The Hall–Kier alpha value is -1.60. The monoisotopic (exact) mass is 358 g/mol. The average molecular weight is 358 g/mol. The SMILES string of the molecule is COCCNCC(=O)N(Cc1ccccc1C(F)(F)F)C1CCCC1. The summed E-state index contributed by atoms with van der Waals surface area (Å²) in [4.78, 5) is 14.2. The Morgan fingerprint density at radius 1 is 1.28 bits per heavy atom. The van der Waals surface area contributed by atoms with E-state index in [1.165, 1.54) is 12.1 Å². The van der Waals surface area contributed by atoms with Crippen molar-refractivity contribution >= 4 is 5.91 Å². The van der Waals surface area contributed by atoms with Gasteiger partial charge in [0.05, 0.1) is 18.7 Å². The van der Waals surface area contributed by atoms with Crippen LogP contribution < -0.4 is 5.32 Å². The lowest BCUT2D eigenvalue weighted by Crippen LogP contribution is -2.43. The molecule has 1 aliphatic rings. The summed E-state index contributed by atoms with van der Waals surface area (Å²) in [6, 6.07) is 5.50. The smallest absolute Gasteiger partial charge is 0.383 e. The van der Waals surface area contributed by atoms with Crippen molar-refractivity contribution in [3.63, 3.8) is 0 Å². The van der Waals surface area contributed by atoms with E-state index < -0.39 is 11.7 Å². The van der Waals surface area contributed by atoms with Crippen LogP contribution in [0.3, 0.4) is 0 Å². The van der Waals surface area contributed by atoms with Gasteiger partial charge in [0.1, 0.15) is 0 Å². The van der Waals surface area contributed by atoms with Crippen LogP contribution in [0.5, 0.6) is 0 Å². The standard InChI is InChI=1S/C18H25F3N2O2/c1-25-11-10-22-12-17(24)23(15-7-3-4-8-15)13-14-6-2-5-9-16(14)18(19,20)21/h2,5-6,9,15,22H,3-4,7-8,10-13H2,1H3. The Morgan fingerprint density at radius 2 is 1.96 bits per heavy atom. The molecule has 0 saturated heterocycles. The number of rotatable bonds is 8. The lowest BCUT2D eigenvalue weighted by Gasteiger charge is -2.30. The van der Waals surface area contributed by atoms with Crippen LogP contribution in [0.25, 0.3) is 0 Å². The zero-order chi connectivity index (χ0) is 18.3. The van der Waals surface area contributed by atoms with E-state index in [9.17, 15) is 18.0 Å². The largest absolute Gasteiger partial charge is 0.416 e. The molecule has 1 saturated carbocycles. The Labute approximate surface area is 146 Å². The number of hydrogen-bond acceptors (Lipinski definition) is 3. The molecule has 25 heavy (non-hydrogen) atoms. The van der Waals surface area contributed by atoms with Crippen molar-refractivity contribution in [3.05, 3.63) is 35.4 Å². The van der Waals surface area contributed by atoms with Crippen LogP contribution in [0.4, 0.5) is 13.2 Å². The van der Waals surface area contributed by atoms with Crippen molar-refractivity contribution in [1.82, 2.24) is 10.2 Å². The predicted molar refractivity (Wildman–Crippen MR) is 89.0 cm³/mol. The molecule has 4 nitrogen and oxygen atoms in total. The fourth-order valence-electron chi connectivity index (χ4n) is 3.23. The topological polar surface area (TPSA) is 41.6 Å². The first-order valence-corrected chi connectivity index (χ1v) is 8.57. The molecule has 0 aromatic heterocycles. The Balaban J connectivity index is 2.13. The maximum absolute atomic E-state index is 13.2. The van der Waals surface area contributed by atoms with Gasteiger partial charge in [0.25, 0.3) is 0 Å². The van der Waals surface area contributed by atoms with Crippen molar-refractivity contribution in [1.29, 1.82) is 0 Å². The Kier molecular flexibility index (Phi) is 7.25. The molecule has 1 amide bonds. The van der Waals surface area contributed by atoms with Crippen LogP contribution >= 0.6 is 0 Å². The second-order valence-corrected chi connectivity index (χ2v) is 6.28. The predicted octanol–water partition coefficient (Wildman–Crippen LogP) is 3.21. The van der Waals surface area contributed by atoms with Gasteiger partial charge in [-0.15, -0.1) is 0 Å². The molecule has 0 unspecified atom stereocenters. The number of ether oxygens (including phenoxy) is 1. The number of alkyl halides is 3. The lowest BCUT2D eigenvalue weighted by atomic mass is 10.0. The second kappa shape index (κ2) is 9.20. The molecule has 0 atom stereocenters. The van der Waals surface area contributed by atoms with Gasteiger partial charge in [0.15, 0.2) is 0 Å². The first-order chi connectivity index (χ1) is 11.9. The summed E-state index contributed by atoms with van der Waals surface area (Å²) in [7, 11) is 1.57. The third kappa shape index (κ3) is 5.71. The van der Waals surface area contributed by atoms with Crippen LogP contribution in [0, 0.1) is 0 Å². The van der Waals surface area contributed by atoms with E-state index in [2.05, 4.69) is 5.32 Å². The highest BCUT2D eigenvalue weighted by atomic mass is 19.4. The number of amides is 1. The number of carbonyl (C=O) groups excluding carboxylic acids is 1. The summed E-state index contributed by atoms with van der Waals surface area (Å²) >= 11 is 0. The first-order valence-electron chi connectivity index (χ1n) is 8.57. The van der Waals surface area contributed by atoms with E-state index in [1.54, 1.807) is 18.1 Å². The summed E-state index contributed by atoms with van der Waals surface area (Å²) < 4.78 is 44.6. The first kappa shape index (κ1) is 19.7. The van der Waals surface area contributed by atoms with E-state index >= 15 is 0 Å². The highest BCUT2D eigenvalue weighted by molar-refractivity contribution is 5.78. The van der Waals surface area contributed by atoms with Crippen LogP contribution in [0.2, 0.25) is 0 Å². The molecule has 2 rings (SSSR count). The maximum atomic E-state index is 13.2. The van der Waals surface area contributed by atoms with Crippen LogP contribution in [-0.4, -0.2) is 43.7 Å². The zero-order valence-electron chi connectivity index (χ0n) is 14.4. The van der Waals surface area contributed by atoms with Gasteiger partial charge in [-0.25, -0.2) is 0 Å². The minimum Gasteiger partial charge on any atom is -0.383 e. The second-order valence-electron chi connectivity index (χ2n) is 6.28. The minimum absolute atomic E-state index is 0.00879. The molecule has 1 aliphatic carbocycles. The van der Waals surface area contributed by atoms with Gasteiger partial charge in [0.2, 0.25) is 5.91 Å². The Morgan fingerprint density at radius 3 is 2.60 bits per heavy atom. The van der Waals surface area contributed by atoms with Crippen LogP contribution in [0.15, 0.2) is 24.3 Å². The quantitative estimate of drug-likeness (QED) is 0.726. The molecule has 0 bridgehead atoms. The van der Waals surface area contributed by atoms with Gasteiger partial charge >= 0.3 is 6.18 Å². The molecular formula is C18H25F3N2O2. The fourth-order valence-corrected chi connectivity index (χ4v) is 3.23. The molecular weight excluding hydrogens is 333 g/mol. The molecule has 0 heterocycles. The van der Waals surface area contributed by atoms with E-state index in [0.717, 1.165) is 31.7 Å². The van der Waals surface area contributed by atoms with Crippen molar-refractivity contribution in [2.24, 2.45) is 0 Å². The van der Waals surface area contributed by atoms with Crippen LogP contribution in [-0.2, 0) is 22.3 Å². The van der Waals surface area contributed by atoms with Crippen molar-refractivity contribution < 1.29 is 22.7 Å². The average Bonchev–Trinajstić information content (AvgIpc) is 3.10. The summed E-state index contributed by atoms with van der Waals surface area (Å²) in [6.07, 6.45) is -0.716. The van der Waals surface area contributed by atoms with Crippen molar-refractivity contribution in [2.75, 3.05) is 26.8 Å². The summed E-state index contributed by atoms with van der Waals surface area (Å²) in [5, 5.41) is 2.98. The number of methoxy groups -OCH3 is 1. The molecule has 1 aromatic rings. The normalized spacial score (nSPS) is 15.5. The van der Waals surface area contributed by atoms with Gasteiger partial charge in [-0.05, 0) is 24.5 Å². The lowest BCUT2D eigenvalue weighted by molar-refractivity contribution is -0.140. The number of benzene rings is 1. The van der Waals surface area contributed by atoms with Gasteiger partial charge < -0.3 is 15.0 Å². The van der Waals surface area contributed by atoms with Gasteiger partial charge in [-0.1, -0.05) is 31.0 Å². The molecule has 7 heteroatoms. The molecule has 0 aliphatic heterocycles. The Bertz CT molecular complexity index is 557. The molecule has 1 aromatic carbocycles. The van der Waals surface area contributed by atoms with Crippen molar-refractivity contribution in [2.45, 2.75) is 44.4 Å². The van der Waals surface area contributed by atoms with Gasteiger partial charge in [-0.2, -0.15) is 13.2 Å². The van der Waals surface area contributed by atoms with E-state index in [-0.39, 0.29) is 30.6 Å². The number of nitrogens with zero attached hydrogens (tertiary/aromatic N) is 1. The fraction of sp³-hybridized carbons (Fsp3) is 0.611. The van der Waals surface area contributed by atoms with E-state index in [4.69, 9.17) is 4.74 Å². The number of nitrogens with one attached hydrogen (secondary N) is 1. The molecule has 1 N–H and O–H groups in total. The van der Waals surface area contributed by atoms with E-state index in [1.807, 2.05) is 0 Å². The van der Waals surface area contributed by atoms with Gasteiger partial charge in [0, 0.05) is 26.2 Å². The highest BCUT2D eigenvalue weighted by Gasteiger charge is 2.35. The summed E-state index contributed by atoms with van der Waals surface area (Å²) in [5.41, 5.74) is -0.523. The maximum Gasteiger partial charge on any atom is 0.416 e. The molecule has 0 spiro atoms. The molecule has 1 fully saturated rings. The van der Waals surface area contributed by atoms with E-state index in [0.29, 0.717) is 13.2 Å². The van der Waals surface area contributed by atoms with Gasteiger partial charge in [-0.3, -0.25) is 4.79 Å². The zero-order valence-corrected chi connectivity index (χ0v) is 14.4. The van der Waals surface area contributed by atoms with Crippen molar-refractivity contribution in [3.8, 4) is 0 Å². The molecule has 140 valence electrons. The number of halogens is 3.